The Labute approximate surface area is 160 Å². The molecule has 1 aromatic heterocycles. The Hall–Kier alpha value is -1.95. The van der Waals surface area contributed by atoms with E-state index >= 15 is 0 Å². The summed E-state index contributed by atoms with van der Waals surface area (Å²) in [5.74, 6) is 0.0649. The summed E-state index contributed by atoms with van der Waals surface area (Å²) in [5.41, 5.74) is 2.09. The second-order valence-electron chi connectivity index (χ2n) is 5.26. The van der Waals surface area contributed by atoms with Crippen molar-refractivity contribution in [2.45, 2.75) is 11.7 Å². The third-order valence-electron chi connectivity index (χ3n) is 3.49. The largest absolute Gasteiger partial charge is 0.493 e. The molecule has 1 N–H and O–H groups in total. The van der Waals surface area contributed by atoms with Crippen LogP contribution in [0.2, 0.25) is 10.0 Å². The maximum absolute atomic E-state index is 10.5. The molecule has 0 unspecified atom stereocenters. The van der Waals surface area contributed by atoms with Crippen molar-refractivity contribution in [1.82, 2.24) is 9.55 Å². The Bertz CT molecular complexity index is 924. The van der Waals surface area contributed by atoms with E-state index in [2.05, 4.69) is 9.98 Å². The summed E-state index contributed by atoms with van der Waals surface area (Å²) in [7, 11) is 0. The van der Waals surface area contributed by atoms with Gasteiger partial charge in [-0.3, -0.25) is 9.56 Å². The number of aromatic hydroxyl groups is 1. The molecule has 0 aliphatic heterocycles. The summed E-state index contributed by atoms with van der Waals surface area (Å²) in [5, 5.41) is 12.5. The van der Waals surface area contributed by atoms with Gasteiger partial charge in [0.15, 0.2) is 5.16 Å². The minimum absolute atomic E-state index is 0.0649. The molecule has 0 radical (unpaired) electrons. The number of rotatable bonds is 5. The third-order valence-corrected chi connectivity index (χ3v) is 4.64. The second-order valence-corrected chi connectivity index (χ2v) is 6.91. The van der Waals surface area contributed by atoms with E-state index in [0.29, 0.717) is 33.1 Å². The molecule has 0 saturated heterocycles. The van der Waals surface area contributed by atoms with Gasteiger partial charge in [0.2, 0.25) is 5.88 Å². The van der Waals surface area contributed by atoms with Gasteiger partial charge in [0, 0.05) is 10.0 Å². The standard InChI is InChI=1S/C18H15Cl2N3OS/c1-25-18-22-16(10-21-15-7-3-6-14(20)9-15)17(24)23(18)11-12-4-2-5-13(19)8-12/h2-10,24H,11H2,1H3. The second kappa shape index (κ2) is 7.95. The van der Waals surface area contributed by atoms with Gasteiger partial charge < -0.3 is 5.11 Å². The Morgan fingerprint density at radius 3 is 2.56 bits per heavy atom. The Balaban J connectivity index is 1.90. The number of aliphatic imine (C=N–C) groups is 1. The monoisotopic (exact) mass is 391 g/mol. The maximum Gasteiger partial charge on any atom is 0.221 e. The van der Waals surface area contributed by atoms with Crippen molar-refractivity contribution in [3.05, 3.63) is 69.8 Å². The van der Waals surface area contributed by atoms with E-state index in [-0.39, 0.29) is 5.88 Å². The van der Waals surface area contributed by atoms with E-state index < -0.39 is 0 Å². The number of halogens is 2. The number of benzene rings is 2. The highest BCUT2D eigenvalue weighted by atomic mass is 35.5. The van der Waals surface area contributed by atoms with Crippen LogP contribution in [0.1, 0.15) is 11.3 Å². The Morgan fingerprint density at radius 2 is 1.88 bits per heavy atom. The average molecular weight is 392 g/mol. The Morgan fingerprint density at radius 1 is 1.16 bits per heavy atom. The van der Waals surface area contributed by atoms with Gasteiger partial charge in [-0.25, -0.2) is 4.98 Å². The molecular weight excluding hydrogens is 377 g/mol. The molecule has 0 fully saturated rings. The molecule has 1 heterocycles. The fourth-order valence-electron chi connectivity index (χ4n) is 2.34. The zero-order valence-electron chi connectivity index (χ0n) is 13.4. The minimum atomic E-state index is 0.0649. The van der Waals surface area contributed by atoms with Gasteiger partial charge in [-0.15, -0.1) is 0 Å². The lowest BCUT2D eigenvalue weighted by molar-refractivity contribution is 0.415. The van der Waals surface area contributed by atoms with Crippen LogP contribution >= 0.6 is 35.0 Å². The molecule has 0 atom stereocenters. The van der Waals surface area contributed by atoms with Crippen LogP contribution in [0.15, 0.2) is 58.7 Å². The first-order valence-corrected chi connectivity index (χ1v) is 9.42. The normalized spacial score (nSPS) is 11.3. The van der Waals surface area contributed by atoms with E-state index in [1.807, 2.05) is 42.7 Å². The first-order valence-electron chi connectivity index (χ1n) is 7.44. The summed E-state index contributed by atoms with van der Waals surface area (Å²) in [6, 6.07) is 14.7. The zero-order chi connectivity index (χ0) is 17.8. The predicted octanol–water partition coefficient (Wildman–Crippen LogP) is 5.42. The average Bonchev–Trinajstić information content (AvgIpc) is 2.89. The highest BCUT2D eigenvalue weighted by Crippen LogP contribution is 2.27. The van der Waals surface area contributed by atoms with Crippen molar-refractivity contribution >= 4 is 46.9 Å². The van der Waals surface area contributed by atoms with Crippen molar-refractivity contribution in [2.75, 3.05) is 6.26 Å². The van der Waals surface area contributed by atoms with Crippen LogP contribution in [-0.2, 0) is 6.54 Å². The van der Waals surface area contributed by atoms with E-state index in [0.717, 1.165) is 5.56 Å². The van der Waals surface area contributed by atoms with E-state index in [1.54, 1.807) is 16.7 Å². The van der Waals surface area contributed by atoms with E-state index in [1.165, 1.54) is 18.0 Å². The minimum Gasteiger partial charge on any atom is -0.493 e. The molecule has 128 valence electrons. The summed E-state index contributed by atoms with van der Waals surface area (Å²) in [4.78, 5) is 8.78. The van der Waals surface area contributed by atoms with Crippen LogP contribution in [-0.4, -0.2) is 27.1 Å². The van der Waals surface area contributed by atoms with Gasteiger partial charge in [-0.1, -0.05) is 53.2 Å². The van der Waals surface area contributed by atoms with Crippen molar-refractivity contribution in [3.8, 4) is 5.88 Å². The first-order chi connectivity index (χ1) is 12.1. The van der Waals surface area contributed by atoms with E-state index in [4.69, 9.17) is 23.2 Å². The van der Waals surface area contributed by atoms with Gasteiger partial charge in [0.25, 0.3) is 0 Å². The number of aromatic nitrogens is 2. The predicted molar refractivity (Wildman–Crippen MR) is 105 cm³/mol. The summed E-state index contributed by atoms with van der Waals surface area (Å²) < 4.78 is 1.73. The molecule has 0 amide bonds. The maximum atomic E-state index is 10.5. The zero-order valence-corrected chi connectivity index (χ0v) is 15.7. The van der Waals surface area contributed by atoms with Crippen LogP contribution in [0.5, 0.6) is 5.88 Å². The van der Waals surface area contributed by atoms with Crippen molar-refractivity contribution in [2.24, 2.45) is 4.99 Å². The molecule has 2 aromatic carbocycles. The van der Waals surface area contributed by atoms with Crippen molar-refractivity contribution in [1.29, 1.82) is 0 Å². The van der Waals surface area contributed by atoms with Crippen LogP contribution in [0.3, 0.4) is 0 Å². The highest BCUT2D eigenvalue weighted by molar-refractivity contribution is 7.98. The fourth-order valence-corrected chi connectivity index (χ4v) is 3.30. The van der Waals surface area contributed by atoms with Gasteiger partial charge in [-0.05, 0) is 42.2 Å². The third kappa shape index (κ3) is 4.37. The number of imidazole rings is 1. The highest BCUT2D eigenvalue weighted by Gasteiger charge is 2.15. The molecule has 7 heteroatoms. The lowest BCUT2D eigenvalue weighted by Crippen LogP contribution is -2.00. The first kappa shape index (κ1) is 17.9. The van der Waals surface area contributed by atoms with Gasteiger partial charge in [0.05, 0.1) is 18.4 Å². The Kier molecular flexibility index (Phi) is 5.68. The number of hydrogen-bond acceptors (Lipinski definition) is 4. The molecule has 0 spiro atoms. The van der Waals surface area contributed by atoms with Gasteiger partial charge in [-0.2, -0.15) is 0 Å². The number of hydrogen-bond donors (Lipinski definition) is 1. The fraction of sp³-hybridized carbons (Fsp3) is 0.111. The summed E-state index contributed by atoms with van der Waals surface area (Å²) in [6.07, 6.45) is 3.45. The molecule has 0 aliphatic carbocycles. The van der Waals surface area contributed by atoms with Gasteiger partial charge >= 0.3 is 0 Å². The number of thioether (sulfide) groups is 1. The quantitative estimate of drug-likeness (QED) is 0.466. The lowest BCUT2D eigenvalue weighted by atomic mass is 10.2. The number of nitrogens with zero attached hydrogens (tertiary/aromatic N) is 3. The van der Waals surface area contributed by atoms with Crippen LogP contribution in [0.25, 0.3) is 0 Å². The smallest absolute Gasteiger partial charge is 0.221 e. The van der Waals surface area contributed by atoms with Crippen LogP contribution in [0.4, 0.5) is 5.69 Å². The van der Waals surface area contributed by atoms with Crippen molar-refractivity contribution in [3.63, 3.8) is 0 Å². The summed E-state index contributed by atoms with van der Waals surface area (Å²) >= 11 is 13.4. The molecule has 25 heavy (non-hydrogen) atoms. The topological polar surface area (TPSA) is 50.4 Å². The molecule has 3 aromatic rings. The molecule has 0 bridgehead atoms. The van der Waals surface area contributed by atoms with Crippen LogP contribution < -0.4 is 0 Å². The lowest BCUT2D eigenvalue weighted by Gasteiger charge is -2.07. The molecule has 4 nitrogen and oxygen atoms in total. The molecule has 0 saturated carbocycles. The van der Waals surface area contributed by atoms with Crippen LogP contribution in [0, 0.1) is 0 Å². The SMILES string of the molecule is CSc1nc(C=Nc2cccc(Cl)c2)c(O)n1Cc1cccc(Cl)c1. The molecular formula is C18H15Cl2N3OS. The van der Waals surface area contributed by atoms with Gasteiger partial charge in [0.1, 0.15) is 5.69 Å². The molecule has 3 rings (SSSR count). The van der Waals surface area contributed by atoms with Crippen molar-refractivity contribution < 1.29 is 5.11 Å². The van der Waals surface area contributed by atoms with E-state index in [9.17, 15) is 5.11 Å². The molecule has 0 aliphatic rings. The summed E-state index contributed by atoms with van der Waals surface area (Å²) in [6.45, 7) is 0.473.